The number of amides is 1. The number of cyclic esters (lactones) is 1. The molecule has 5 rings (SSSR count). The molecule has 0 spiro atoms. The number of hydrogen-bond acceptors (Lipinski definition) is 14. The van der Waals surface area contributed by atoms with E-state index < -0.39 is 71.7 Å². The van der Waals surface area contributed by atoms with Gasteiger partial charge in [0.05, 0.1) is 43.7 Å². The van der Waals surface area contributed by atoms with E-state index in [1.165, 1.54) is 12.0 Å². The van der Waals surface area contributed by atoms with Crippen LogP contribution in [-0.4, -0.2) is 144 Å². The van der Waals surface area contributed by atoms with Gasteiger partial charge in [-0.25, -0.2) is 4.79 Å². The number of aliphatic hydroxyl groups is 3. The van der Waals surface area contributed by atoms with Crippen molar-refractivity contribution in [2.45, 2.75) is 199 Å². The average Bonchev–Trinajstić information content (AvgIpc) is 4.17. The zero-order chi connectivity index (χ0) is 51.3. The van der Waals surface area contributed by atoms with E-state index in [0.29, 0.717) is 63.4 Å². The molecule has 3 aliphatic heterocycles. The molecule has 15 atom stereocenters. The van der Waals surface area contributed by atoms with Gasteiger partial charge in [-0.15, -0.1) is 0 Å². The van der Waals surface area contributed by atoms with Gasteiger partial charge in [0.2, 0.25) is 5.79 Å². The van der Waals surface area contributed by atoms with Crippen LogP contribution in [0, 0.1) is 35.5 Å². The number of methoxy groups -OCH3 is 2. The number of ether oxygens (including phenoxy) is 6. The topological polar surface area (TPSA) is 205 Å². The molecule has 0 radical (unpaired) electrons. The fourth-order valence-corrected chi connectivity index (χ4v) is 10.8. The minimum atomic E-state index is -2.43. The summed E-state index contributed by atoms with van der Waals surface area (Å²) in [5.74, 6) is -7.90. The summed E-state index contributed by atoms with van der Waals surface area (Å²) >= 11 is 0. The Balaban J connectivity index is 1.46. The molecule has 394 valence electrons. The minimum Gasteiger partial charge on any atom is -0.460 e. The zero-order valence-electron chi connectivity index (χ0n) is 43.4. The number of fused-ring (bicyclic) bond motifs is 3. The average molecular weight is 984 g/mol. The van der Waals surface area contributed by atoms with Gasteiger partial charge in [0.15, 0.2) is 5.78 Å². The highest BCUT2D eigenvalue weighted by Gasteiger charge is 2.53. The monoisotopic (exact) mass is 984 g/mol. The largest absolute Gasteiger partial charge is 0.460 e. The number of aliphatic hydroxyl groups excluding tert-OH is 2. The summed E-state index contributed by atoms with van der Waals surface area (Å²) in [6, 6.07) is -1.14. The molecule has 70 heavy (non-hydrogen) atoms. The first-order valence-electron chi connectivity index (χ1n) is 26.2. The number of carbonyl (C=O) groups is 5. The molecule has 3 heterocycles. The van der Waals surface area contributed by atoms with Gasteiger partial charge in [-0.2, -0.15) is 0 Å². The second-order valence-electron chi connectivity index (χ2n) is 21.3. The number of rotatable bonds is 10. The molecule has 15 heteroatoms. The zero-order valence-corrected chi connectivity index (χ0v) is 43.4. The van der Waals surface area contributed by atoms with Crippen molar-refractivity contribution in [3.05, 3.63) is 47.6 Å². The van der Waals surface area contributed by atoms with Gasteiger partial charge in [-0.1, -0.05) is 71.1 Å². The van der Waals surface area contributed by atoms with Crippen LogP contribution < -0.4 is 0 Å². The van der Waals surface area contributed by atoms with Crippen LogP contribution >= 0.6 is 0 Å². The van der Waals surface area contributed by atoms with Crippen LogP contribution in [0.1, 0.15) is 138 Å². The summed E-state index contributed by atoms with van der Waals surface area (Å²) in [6.07, 6.45) is 14.3. The van der Waals surface area contributed by atoms with Gasteiger partial charge in [0, 0.05) is 51.4 Å². The Hall–Kier alpha value is -3.41. The van der Waals surface area contributed by atoms with Crippen molar-refractivity contribution in [2.75, 3.05) is 34.0 Å². The lowest BCUT2D eigenvalue weighted by Gasteiger charge is -2.43. The minimum absolute atomic E-state index is 0.0197. The second kappa shape index (κ2) is 27.0. The van der Waals surface area contributed by atoms with E-state index in [-0.39, 0.29) is 86.3 Å². The summed E-state index contributed by atoms with van der Waals surface area (Å²) in [5, 5.41) is 33.0. The molecule has 1 unspecified atom stereocenters. The Morgan fingerprint density at radius 2 is 1.60 bits per heavy atom. The summed E-state index contributed by atoms with van der Waals surface area (Å²) in [6.45, 7) is 13.0. The number of piperidine rings is 1. The first-order chi connectivity index (χ1) is 33.3. The van der Waals surface area contributed by atoms with E-state index in [9.17, 15) is 39.3 Å². The van der Waals surface area contributed by atoms with Crippen molar-refractivity contribution in [2.24, 2.45) is 35.5 Å². The van der Waals surface area contributed by atoms with E-state index >= 15 is 0 Å². The SMILES string of the molecule is CO[C@@H]1C[C@H](CC(C)[C@@H]2CC(=O)[C@H](C)/C=C(\C)[C@@H](O)[C@@H](OC)C(=O)[C@H](C)C[C@H](C)/C=C/C=C/C=C(\C)[C@H](OC3CC3)C[C@@H]3CC[C@@H](C)[C@@](O)(O3)C(=O)C(=O)N3CCCC[C@H]3C(=O)O2)CC[C@H]1OCCO. The fourth-order valence-electron chi connectivity index (χ4n) is 10.8. The Morgan fingerprint density at radius 1 is 0.857 bits per heavy atom. The molecule has 0 aromatic carbocycles. The fraction of sp³-hybridized carbons (Fsp3) is 0.764. The van der Waals surface area contributed by atoms with Gasteiger partial charge in [-0.3, -0.25) is 19.2 Å². The Labute approximate surface area is 416 Å². The van der Waals surface area contributed by atoms with E-state index in [1.807, 2.05) is 58.1 Å². The maximum atomic E-state index is 14.5. The molecule has 0 aromatic heterocycles. The number of esters is 1. The number of Topliss-reactive ketones (excluding diaryl/α,β-unsaturated/α-hetero) is 3. The summed E-state index contributed by atoms with van der Waals surface area (Å²) in [5.41, 5.74) is 1.32. The van der Waals surface area contributed by atoms with Gasteiger partial charge in [-0.05, 0) is 120 Å². The molecule has 4 fully saturated rings. The standard InChI is InChI=1S/C55H85NO14/c1-33-15-11-10-12-16-34(2)46(68-41-21-22-41)31-42-20-18-39(7)55(64,70-42)52(61)53(62)56-24-14-13-17-43(56)54(63)69-47(36(4)29-40-19-23-45(67-26-25-57)48(30-40)65-8)32-44(58)35(3)28-38(6)50(60)51(66-9)49(59)37(5)27-33/h10-12,15-16,28,33,35-37,39-43,45-48,50-51,57,60,64H,13-14,17-27,29-32H2,1-9H3/b12-10+,15-11+,34-16+,38-28+/t33-,35-,36?,37-,39-,40+,42+,43+,45-,46-,47+,48-,50-,51+,55-/m1/s1. The molecule has 3 N–H and O–H groups in total. The smallest absolute Gasteiger partial charge is 0.329 e. The van der Waals surface area contributed by atoms with E-state index in [2.05, 4.69) is 0 Å². The van der Waals surface area contributed by atoms with E-state index in [0.717, 1.165) is 24.8 Å². The lowest BCUT2D eigenvalue weighted by atomic mass is 9.78. The summed E-state index contributed by atoms with van der Waals surface area (Å²) in [4.78, 5) is 72.5. The van der Waals surface area contributed by atoms with Crippen molar-refractivity contribution in [1.29, 1.82) is 0 Å². The van der Waals surface area contributed by atoms with Gasteiger partial charge >= 0.3 is 5.97 Å². The lowest BCUT2D eigenvalue weighted by Crippen LogP contribution is -2.61. The molecule has 2 bridgehead atoms. The van der Waals surface area contributed by atoms with Crippen molar-refractivity contribution in [3.8, 4) is 0 Å². The number of carbonyl (C=O) groups excluding carboxylic acids is 5. The highest BCUT2D eigenvalue weighted by atomic mass is 16.6. The number of allylic oxidation sites excluding steroid dienone is 6. The van der Waals surface area contributed by atoms with Gasteiger partial charge in [0.1, 0.15) is 30.1 Å². The van der Waals surface area contributed by atoms with Crippen LogP contribution in [0.5, 0.6) is 0 Å². The molecule has 15 nitrogen and oxygen atoms in total. The first-order valence-corrected chi connectivity index (χ1v) is 26.2. The molecular formula is C55H85NO14. The van der Waals surface area contributed by atoms with Crippen LogP contribution in [-0.2, 0) is 52.4 Å². The van der Waals surface area contributed by atoms with Gasteiger partial charge in [0.25, 0.3) is 11.7 Å². The van der Waals surface area contributed by atoms with Crippen LogP contribution in [0.25, 0.3) is 0 Å². The first kappa shape index (κ1) is 57.5. The third-order valence-corrected chi connectivity index (χ3v) is 15.5. The number of hydrogen-bond donors (Lipinski definition) is 3. The predicted octanol–water partition coefficient (Wildman–Crippen LogP) is 6.73. The Bertz CT molecular complexity index is 1890. The lowest BCUT2D eigenvalue weighted by molar-refractivity contribution is -0.266. The number of nitrogens with zero attached hydrogens (tertiary/aromatic N) is 1. The Kier molecular flexibility index (Phi) is 22.2. The van der Waals surface area contributed by atoms with Crippen molar-refractivity contribution < 1.29 is 67.7 Å². The van der Waals surface area contributed by atoms with Crippen LogP contribution in [0.15, 0.2) is 47.6 Å². The maximum absolute atomic E-state index is 14.5. The summed E-state index contributed by atoms with van der Waals surface area (Å²) < 4.78 is 36.3. The van der Waals surface area contributed by atoms with Crippen molar-refractivity contribution >= 4 is 29.2 Å². The molecule has 2 saturated carbocycles. The molecule has 2 saturated heterocycles. The van der Waals surface area contributed by atoms with E-state index in [4.69, 9.17) is 28.4 Å². The maximum Gasteiger partial charge on any atom is 0.329 e. The molecule has 5 aliphatic rings. The number of ketones is 3. The summed E-state index contributed by atoms with van der Waals surface area (Å²) in [7, 11) is 3.02. The van der Waals surface area contributed by atoms with Crippen molar-refractivity contribution in [1.82, 2.24) is 4.90 Å². The normalized spacial score (nSPS) is 39.5. The molecule has 0 aromatic rings. The van der Waals surface area contributed by atoms with Crippen LogP contribution in [0.2, 0.25) is 0 Å². The Morgan fingerprint density at radius 3 is 2.29 bits per heavy atom. The third-order valence-electron chi connectivity index (χ3n) is 15.5. The quantitative estimate of drug-likeness (QED) is 0.118. The van der Waals surface area contributed by atoms with Crippen LogP contribution in [0.4, 0.5) is 0 Å². The van der Waals surface area contributed by atoms with E-state index in [1.54, 1.807) is 34.0 Å². The molecular weight excluding hydrogens is 899 g/mol. The molecule has 1 amide bonds. The van der Waals surface area contributed by atoms with Gasteiger partial charge < -0.3 is 48.6 Å². The molecule has 2 aliphatic carbocycles. The highest BCUT2D eigenvalue weighted by molar-refractivity contribution is 6.39. The predicted molar refractivity (Wildman–Crippen MR) is 263 cm³/mol. The van der Waals surface area contributed by atoms with Crippen molar-refractivity contribution in [3.63, 3.8) is 0 Å². The second-order valence-corrected chi connectivity index (χ2v) is 21.3. The third kappa shape index (κ3) is 15.6. The van der Waals surface area contributed by atoms with Crippen LogP contribution in [0.3, 0.4) is 0 Å². The highest BCUT2D eigenvalue weighted by Crippen LogP contribution is 2.39.